The maximum Gasteiger partial charge on any atom is 0.267 e. The number of H-pyrrole nitrogens is 1. The summed E-state index contributed by atoms with van der Waals surface area (Å²) in [6.45, 7) is 0. The molecule has 2 N–H and O–H groups in total. The molecular weight excluding hydrogens is 422 g/mol. The van der Waals surface area contributed by atoms with Crippen LogP contribution in [0, 0.1) is 4.77 Å². The van der Waals surface area contributed by atoms with E-state index in [1.165, 1.54) is 32.9 Å². The van der Waals surface area contributed by atoms with Crippen LogP contribution in [0.3, 0.4) is 0 Å². The summed E-state index contributed by atoms with van der Waals surface area (Å²) in [5, 5.41) is 12.4. The van der Waals surface area contributed by atoms with E-state index in [2.05, 4.69) is 44.8 Å². The second kappa shape index (κ2) is 7.33. The summed E-state index contributed by atoms with van der Waals surface area (Å²) in [6.07, 6.45) is 2.55. The van der Waals surface area contributed by atoms with Crippen molar-refractivity contribution in [3.63, 3.8) is 0 Å². The first kappa shape index (κ1) is 18.4. The summed E-state index contributed by atoms with van der Waals surface area (Å²) in [5.74, 6) is 0.698. The summed E-state index contributed by atoms with van der Waals surface area (Å²) in [7, 11) is 1.87. The molecule has 0 unspecified atom stereocenters. The van der Waals surface area contributed by atoms with Gasteiger partial charge in [-0.25, -0.2) is 4.98 Å². The van der Waals surface area contributed by atoms with Crippen molar-refractivity contribution in [1.82, 2.24) is 19.7 Å². The summed E-state index contributed by atoms with van der Waals surface area (Å²) in [6, 6.07) is 10.5. The number of thiazole rings is 1. The van der Waals surface area contributed by atoms with Gasteiger partial charge in [0.25, 0.3) is 5.91 Å². The van der Waals surface area contributed by atoms with Crippen LogP contribution in [0.15, 0.2) is 35.7 Å². The van der Waals surface area contributed by atoms with E-state index < -0.39 is 0 Å². The third kappa shape index (κ3) is 3.45. The molecule has 0 radical (unpaired) electrons. The zero-order valence-corrected chi connectivity index (χ0v) is 18.0. The minimum absolute atomic E-state index is 0.110. The van der Waals surface area contributed by atoms with Crippen molar-refractivity contribution in [3.05, 3.63) is 68.0 Å². The number of nitrogens with zero attached hydrogens (tertiary/aromatic N) is 3. The highest BCUT2D eigenvalue weighted by atomic mass is 32.1. The number of aromatic nitrogens is 4. The first-order valence-corrected chi connectivity index (χ1v) is 11.3. The van der Waals surface area contributed by atoms with Crippen molar-refractivity contribution in [2.45, 2.75) is 19.3 Å². The number of aryl methyl sites for hydroxylation is 2. The van der Waals surface area contributed by atoms with Gasteiger partial charge in [0, 0.05) is 17.3 Å². The van der Waals surface area contributed by atoms with Crippen LogP contribution >= 0.6 is 34.9 Å². The van der Waals surface area contributed by atoms with Crippen molar-refractivity contribution in [2.75, 3.05) is 5.32 Å². The van der Waals surface area contributed by atoms with Gasteiger partial charge in [-0.15, -0.1) is 22.7 Å². The molecule has 0 fully saturated rings. The van der Waals surface area contributed by atoms with Crippen molar-refractivity contribution in [1.29, 1.82) is 0 Å². The molecule has 0 saturated carbocycles. The van der Waals surface area contributed by atoms with Crippen LogP contribution in [0.1, 0.15) is 32.3 Å². The average Bonchev–Trinajstić information content (AvgIpc) is 3.43. The number of carbonyl (C=O) groups excluding carboxylic acids is 1. The molecule has 9 heteroatoms. The maximum absolute atomic E-state index is 12.8. The molecule has 0 aliphatic heterocycles. The Morgan fingerprint density at radius 2 is 2.14 bits per heavy atom. The van der Waals surface area contributed by atoms with Crippen LogP contribution in [0.5, 0.6) is 0 Å². The number of anilines is 1. The molecular formula is C20H17N5OS3. The Morgan fingerprint density at radius 3 is 2.97 bits per heavy atom. The number of hydrogen-bond acceptors (Lipinski definition) is 6. The minimum Gasteiger partial charge on any atom is -0.307 e. The Kier molecular flexibility index (Phi) is 4.65. The highest BCUT2D eigenvalue weighted by Crippen LogP contribution is 2.39. The molecule has 146 valence electrons. The lowest BCUT2D eigenvalue weighted by atomic mass is 9.91. The third-order valence-electron chi connectivity index (χ3n) is 5.04. The average molecular weight is 440 g/mol. The van der Waals surface area contributed by atoms with E-state index in [0.29, 0.717) is 16.3 Å². The predicted molar refractivity (Wildman–Crippen MR) is 118 cm³/mol. The number of aromatic amines is 1. The fourth-order valence-electron chi connectivity index (χ4n) is 3.49. The predicted octanol–water partition coefficient (Wildman–Crippen LogP) is 4.60. The molecule has 1 aliphatic rings. The molecule has 1 amide bonds. The summed E-state index contributed by atoms with van der Waals surface area (Å²) < 4.78 is 2.40. The van der Waals surface area contributed by atoms with E-state index in [0.717, 1.165) is 29.2 Å². The molecule has 0 bridgehead atoms. The monoisotopic (exact) mass is 439 g/mol. The van der Waals surface area contributed by atoms with Crippen LogP contribution in [-0.4, -0.2) is 25.7 Å². The van der Waals surface area contributed by atoms with Crippen LogP contribution in [-0.2, 0) is 26.3 Å². The molecule has 1 aliphatic carbocycles. The Labute approximate surface area is 180 Å². The minimum atomic E-state index is -0.110. The van der Waals surface area contributed by atoms with Crippen LogP contribution < -0.4 is 5.32 Å². The summed E-state index contributed by atoms with van der Waals surface area (Å²) in [4.78, 5) is 19.3. The zero-order valence-electron chi connectivity index (χ0n) is 15.6. The van der Waals surface area contributed by atoms with Gasteiger partial charge in [-0.1, -0.05) is 24.3 Å². The van der Waals surface area contributed by atoms with Gasteiger partial charge in [0.05, 0.1) is 17.0 Å². The number of amides is 1. The van der Waals surface area contributed by atoms with Gasteiger partial charge >= 0.3 is 0 Å². The summed E-state index contributed by atoms with van der Waals surface area (Å²) in [5.41, 5.74) is 4.71. The Bertz CT molecular complexity index is 1280. The topological polar surface area (TPSA) is 75.6 Å². The summed E-state index contributed by atoms with van der Waals surface area (Å²) >= 11 is 8.11. The number of fused-ring (bicyclic) bond motifs is 3. The molecule has 5 rings (SSSR count). The van der Waals surface area contributed by atoms with E-state index in [4.69, 9.17) is 12.2 Å². The number of nitrogens with one attached hydrogen (secondary N) is 2. The van der Waals surface area contributed by atoms with E-state index in [1.54, 1.807) is 11.3 Å². The standard InChI is InChI=1S/C20H17N5OS3/c1-25-16(23-24-20(25)27)9-13-10-28-19(21-13)22-18(26)15-8-12-7-6-11-4-2-3-5-14(11)17(12)29-15/h2-5,8,10H,6-7,9H2,1H3,(H,24,27)(H,21,22,26). The zero-order chi connectivity index (χ0) is 20.0. The SMILES string of the molecule is Cn1c(Cc2csc(NC(=O)c3cc4c(s3)-c3ccccc3CC4)n2)n[nH]c1=S. The van der Waals surface area contributed by atoms with Gasteiger partial charge in [-0.05, 0) is 47.8 Å². The Balaban J connectivity index is 1.33. The van der Waals surface area contributed by atoms with E-state index in [1.807, 2.05) is 23.1 Å². The molecule has 29 heavy (non-hydrogen) atoms. The fraction of sp³-hybridized carbons (Fsp3) is 0.200. The van der Waals surface area contributed by atoms with E-state index >= 15 is 0 Å². The maximum atomic E-state index is 12.8. The van der Waals surface area contributed by atoms with Gasteiger partial charge in [0.15, 0.2) is 9.90 Å². The van der Waals surface area contributed by atoms with Gasteiger partial charge < -0.3 is 4.57 Å². The molecule has 0 atom stereocenters. The fourth-order valence-corrected chi connectivity index (χ4v) is 5.51. The molecule has 6 nitrogen and oxygen atoms in total. The number of benzene rings is 1. The lowest BCUT2D eigenvalue weighted by Gasteiger charge is -2.15. The van der Waals surface area contributed by atoms with Crippen LogP contribution in [0.25, 0.3) is 10.4 Å². The van der Waals surface area contributed by atoms with E-state index in [9.17, 15) is 4.79 Å². The molecule has 1 aromatic carbocycles. The number of rotatable bonds is 4. The molecule has 0 saturated heterocycles. The van der Waals surface area contributed by atoms with Crippen molar-refractivity contribution < 1.29 is 4.79 Å². The smallest absolute Gasteiger partial charge is 0.267 e. The van der Waals surface area contributed by atoms with Crippen LogP contribution in [0.2, 0.25) is 0 Å². The lowest BCUT2D eigenvalue weighted by Crippen LogP contribution is -2.10. The van der Waals surface area contributed by atoms with Crippen molar-refractivity contribution >= 4 is 45.9 Å². The van der Waals surface area contributed by atoms with Crippen LogP contribution in [0.4, 0.5) is 5.13 Å². The van der Waals surface area contributed by atoms with Crippen molar-refractivity contribution in [2.24, 2.45) is 7.05 Å². The van der Waals surface area contributed by atoms with Gasteiger partial charge in [0.2, 0.25) is 0 Å². The second-order valence-electron chi connectivity index (χ2n) is 6.90. The van der Waals surface area contributed by atoms with Gasteiger partial charge in [-0.3, -0.25) is 15.2 Å². The Hall–Kier alpha value is -2.62. The highest BCUT2D eigenvalue weighted by Gasteiger charge is 2.22. The lowest BCUT2D eigenvalue weighted by molar-refractivity contribution is 0.103. The first-order valence-electron chi connectivity index (χ1n) is 9.15. The molecule has 3 aromatic heterocycles. The normalized spacial score (nSPS) is 12.4. The Morgan fingerprint density at radius 1 is 1.31 bits per heavy atom. The third-order valence-corrected chi connectivity index (χ3v) is 7.42. The molecule has 4 aromatic rings. The molecule has 0 spiro atoms. The number of hydrogen-bond donors (Lipinski definition) is 2. The second-order valence-corrected chi connectivity index (χ2v) is 9.20. The highest BCUT2D eigenvalue weighted by molar-refractivity contribution is 7.71. The van der Waals surface area contributed by atoms with Gasteiger partial charge in [0.1, 0.15) is 5.82 Å². The quantitative estimate of drug-likeness (QED) is 0.456. The molecule has 3 heterocycles. The van der Waals surface area contributed by atoms with Crippen molar-refractivity contribution in [3.8, 4) is 10.4 Å². The largest absolute Gasteiger partial charge is 0.307 e. The van der Waals surface area contributed by atoms with Gasteiger partial charge in [-0.2, -0.15) is 5.10 Å². The number of thiophene rings is 1. The van der Waals surface area contributed by atoms with E-state index in [-0.39, 0.29) is 5.91 Å². The number of carbonyl (C=O) groups is 1. The first-order chi connectivity index (χ1) is 14.1.